The molecule has 0 radical (unpaired) electrons. The minimum atomic E-state index is 0.569. The van der Waals surface area contributed by atoms with Gasteiger partial charge in [0.25, 0.3) is 0 Å². The summed E-state index contributed by atoms with van der Waals surface area (Å²) in [7, 11) is 0. The van der Waals surface area contributed by atoms with Crippen LogP contribution in [-0.4, -0.2) is 48.6 Å². The number of rotatable bonds is 3. The maximum absolute atomic E-state index is 4.71. The van der Waals surface area contributed by atoms with Crippen molar-refractivity contribution in [3.05, 3.63) is 23.9 Å². The standard InChI is InChI=1S/C16H26N4/c1-13(2)20-9-3-4-15(20)14-5-6-16(18-12-14)19-10-7-17-8-11-19/h5-6,12-13,15,17H,3-4,7-11H2,1-2H3/t15-/m1/s1. The van der Waals surface area contributed by atoms with Crippen molar-refractivity contribution in [3.8, 4) is 0 Å². The number of hydrogen-bond acceptors (Lipinski definition) is 4. The lowest BCUT2D eigenvalue weighted by Gasteiger charge is -2.30. The third-order valence-electron chi connectivity index (χ3n) is 4.55. The molecule has 3 heterocycles. The zero-order chi connectivity index (χ0) is 13.9. The van der Waals surface area contributed by atoms with Crippen LogP contribution in [0.15, 0.2) is 18.3 Å². The molecule has 3 rings (SSSR count). The number of likely N-dealkylation sites (tertiary alicyclic amines) is 1. The molecule has 1 aromatic rings. The van der Waals surface area contributed by atoms with Gasteiger partial charge in [-0.3, -0.25) is 4.90 Å². The zero-order valence-electron chi connectivity index (χ0n) is 12.7. The topological polar surface area (TPSA) is 31.4 Å². The van der Waals surface area contributed by atoms with Crippen molar-refractivity contribution < 1.29 is 0 Å². The molecule has 110 valence electrons. The van der Waals surface area contributed by atoms with Gasteiger partial charge in [0.15, 0.2) is 0 Å². The average molecular weight is 274 g/mol. The molecule has 2 saturated heterocycles. The van der Waals surface area contributed by atoms with Crippen molar-refractivity contribution in [1.82, 2.24) is 15.2 Å². The Morgan fingerprint density at radius 2 is 2.00 bits per heavy atom. The third-order valence-corrected chi connectivity index (χ3v) is 4.55. The van der Waals surface area contributed by atoms with Gasteiger partial charge in [-0.25, -0.2) is 4.98 Å². The van der Waals surface area contributed by atoms with Gasteiger partial charge in [0.2, 0.25) is 0 Å². The van der Waals surface area contributed by atoms with Crippen molar-refractivity contribution in [2.45, 2.75) is 38.8 Å². The maximum Gasteiger partial charge on any atom is 0.128 e. The number of piperazine rings is 1. The van der Waals surface area contributed by atoms with Gasteiger partial charge in [-0.1, -0.05) is 6.07 Å². The maximum atomic E-state index is 4.71. The van der Waals surface area contributed by atoms with E-state index < -0.39 is 0 Å². The van der Waals surface area contributed by atoms with E-state index in [-0.39, 0.29) is 0 Å². The molecule has 1 atom stereocenters. The van der Waals surface area contributed by atoms with E-state index in [1.54, 1.807) is 0 Å². The van der Waals surface area contributed by atoms with E-state index in [1.165, 1.54) is 24.9 Å². The molecule has 20 heavy (non-hydrogen) atoms. The summed E-state index contributed by atoms with van der Waals surface area (Å²) in [5.74, 6) is 1.13. The number of pyridine rings is 1. The number of nitrogens with one attached hydrogen (secondary N) is 1. The summed E-state index contributed by atoms with van der Waals surface area (Å²) < 4.78 is 0. The SMILES string of the molecule is CC(C)N1CCC[C@@H]1c1ccc(N2CCNCC2)nc1. The summed E-state index contributed by atoms with van der Waals surface area (Å²) in [6, 6.07) is 5.68. The molecular weight excluding hydrogens is 248 g/mol. The smallest absolute Gasteiger partial charge is 0.128 e. The lowest BCUT2D eigenvalue weighted by atomic mass is 10.1. The van der Waals surface area contributed by atoms with E-state index >= 15 is 0 Å². The van der Waals surface area contributed by atoms with Crippen LogP contribution in [-0.2, 0) is 0 Å². The van der Waals surface area contributed by atoms with Crippen LogP contribution < -0.4 is 10.2 Å². The highest BCUT2D eigenvalue weighted by Crippen LogP contribution is 2.33. The van der Waals surface area contributed by atoms with E-state index in [0.29, 0.717) is 12.1 Å². The Morgan fingerprint density at radius 3 is 2.65 bits per heavy atom. The predicted octanol–water partition coefficient (Wildman–Crippen LogP) is 2.04. The summed E-state index contributed by atoms with van der Waals surface area (Å²) in [5, 5.41) is 3.38. The number of hydrogen-bond donors (Lipinski definition) is 1. The first-order chi connectivity index (χ1) is 9.75. The molecule has 2 aliphatic heterocycles. The normalized spacial score (nSPS) is 24.6. The molecule has 4 nitrogen and oxygen atoms in total. The molecule has 0 spiro atoms. The molecule has 1 N–H and O–H groups in total. The zero-order valence-corrected chi connectivity index (χ0v) is 12.7. The molecular formula is C16H26N4. The lowest BCUT2D eigenvalue weighted by molar-refractivity contribution is 0.205. The van der Waals surface area contributed by atoms with Crippen molar-refractivity contribution in [1.29, 1.82) is 0 Å². The van der Waals surface area contributed by atoms with Crippen LogP contribution in [0.25, 0.3) is 0 Å². The molecule has 0 aromatic carbocycles. The molecule has 4 heteroatoms. The van der Waals surface area contributed by atoms with Gasteiger partial charge in [0, 0.05) is 44.5 Å². The molecule has 2 aliphatic rings. The third kappa shape index (κ3) is 2.81. The van der Waals surface area contributed by atoms with Gasteiger partial charge in [0.05, 0.1) is 0 Å². The molecule has 0 saturated carbocycles. The van der Waals surface area contributed by atoms with Gasteiger partial charge >= 0.3 is 0 Å². The van der Waals surface area contributed by atoms with Crippen molar-refractivity contribution >= 4 is 5.82 Å². The summed E-state index contributed by atoms with van der Waals surface area (Å²) in [6.07, 6.45) is 4.68. The van der Waals surface area contributed by atoms with E-state index in [1.807, 2.05) is 0 Å². The van der Waals surface area contributed by atoms with Crippen LogP contribution in [0.5, 0.6) is 0 Å². The molecule has 0 amide bonds. The molecule has 1 aromatic heterocycles. The molecule has 0 unspecified atom stereocenters. The summed E-state index contributed by atoms with van der Waals surface area (Å²) in [4.78, 5) is 9.68. The summed E-state index contributed by atoms with van der Waals surface area (Å²) in [6.45, 7) is 10.1. The van der Waals surface area contributed by atoms with Crippen LogP contribution in [0, 0.1) is 0 Å². The molecule has 2 fully saturated rings. The summed E-state index contributed by atoms with van der Waals surface area (Å²) >= 11 is 0. The first kappa shape index (κ1) is 13.8. The van der Waals surface area contributed by atoms with Crippen LogP contribution in [0.2, 0.25) is 0 Å². The van der Waals surface area contributed by atoms with Crippen molar-refractivity contribution in [2.75, 3.05) is 37.6 Å². The second kappa shape index (κ2) is 6.10. The number of nitrogens with zero attached hydrogens (tertiary/aromatic N) is 3. The van der Waals surface area contributed by atoms with Gasteiger partial charge in [-0.2, -0.15) is 0 Å². The van der Waals surface area contributed by atoms with Gasteiger partial charge in [-0.15, -0.1) is 0 Å². The van der Waals surface area contributed by atoms with E-state index in [4.69, 9.17) is 4.98 Å². The fraction of sp³-hybridized carbons (Fsp3) is 0.688. The van der Waals surface area contributed by atoms with E-state index in [9.17, 15) is 0 Å². The second-order valence-electron chi connectivity index (χ2n) is 6.18. The fourth-order valence-electron chi connectivity index (χ4n) is 3.44. The van der Waals surface area contributed by atoms with Crippen molar-refractivity contribution in [2.24, 2.45) is 0 Å². The Morgan fingerprint density at radius 1 is 1.20 bits per heavy atom. The van der Waals surface area contributed by atoms with Crippen LogP contribution in [0.4, 0.5) is 5.82 Å². The molecule has 0 bridgehead atoms. The predicted molar refractivity (Wildman–Crippen MR) is 83.1 cm³/mol. The van der Waals surface area contributed by atoms with Crippen molar-refractivity contribution in [3.63, 3.8) is 0 Å². The van der Waals surface area contributed by atoms with Crippen LogP contribution in [0.3, 0.4) is 0 Å². The highest BCUT2D eigenvalue weighted by molar-refractivity contribution is 5.40. The van der Waals surface area contributed by atoms with E-state index in [2.05, 4.69) is 47.3 Å². The number of aromatic nitrogens is 1. The quantitative estimate of drug-likeness (QED) is 0.914. The highest BCUT2D eigenvalue weighted by Gasteiger charge is 2.28. The minimum Gasteiger partial charge on any atom is -0.354 e. The Kier molecular flexibility index (Phi) is 4.22. The monoisotopic (exact) mass is 274 g/mol. The fourth-order valence-corrected chi connectivity index (χ4v) is 3.44. The van der Waals surface area contributed by atoms with Gasteiger partial charge in [-0.05, 0) is 44.9 Å². The first-order valence-electron chi connectivity index (χ1n) is 7.93. The lowest BCUT2D eigenvalue weighted by Crippen LogP contribution is -2.43. The largest absolute Gasteiger partial charge is 0.354 e. The summed E-state index contributed by atoms with van der Waals surface area (Å²) in [5.41, 5.74) is 1.38. The van der Waals surface area contributed by atoms with Gasteiger partial charge in [0.1, 0.15) is 5.82 Å². The Bertz CT molecular complexity index is 423. The Hall–Kier alpha value is -1.13. The minimum absolute atomic E-state index is 0.569. The highest BCUT2D eigenvalue weighted by atomic mass is 15.2. The molecule has 0 aliphatic carbocycles. The van der Waals surface area contributed by atoms with Crippen LogP contribution in [0.1, 0.15) is 38.3 Å². The first-order valence-corrected chi connectivity index (χ1v) is 7.93. The Labute approximate surface area is 122 Å². The van der Waals surface area contributed by atoms with Gasteiger partial charge < -0.3 is 10.2 Å². The van der Waals surface area contributed by atoms with E-state index in [0.717, 1.165) is 32.0 Å². The second-order valence-corrected chi connectivity index (χ2v) is 6.18. The Balaban J connectivity index is 1.72. The van der Waals surface area contributed by atoms with Crippen LogP contribution >= 0.6 is 0 Å². The number of anilines is 1. The average Bonchev–Trinajstić information content (AvgIpc) is 2.98.